The number of carbonyl (C=O) groups excluding carboxylic acids is 1. The number of anilines is 1. The van der Waals surface area contributed by atoms with E-state index < -0.39 is 11.6 Å². The molecule has 25 heavy (non-hydrogen) atoms. The third-order valence-corrected chi connectivity index (χ3v) is 5.35. The molecule has 1 amide bonds. The first-order valence-electron chi connectivity index (χ1n) is 8.91. The second-order valence-corrected chi connectivity index (χ2v) is 6.88. The van der Waals surface area contributed by atoms with Gasteiger partial charge in [0, 0.05) is 55.4 Å². The molecule has 132 valence electrons. The van der Waals surface area contributed by atoms with Crippen LogP contribution in [0, 0.1) is 11.6 Å². The Hall–Kier alpha value is -2.24. The molecule has 1 aromatic heterocycles. The zero-order chi connectivity index (χ0) is 17.4. The van der Waals surface area contributed by atoms with Crippen LogP contribution in [0.15, 0.2) is 24.4 Å². The molecular weight excluding hydrogens is 324 g/mol. The summed E-state index contributed by atoms with van der Waals surface area (Å²) in [5.74, 6) is -0.957. The lowest BCUT2D eigenvalue weighted by molar-refractivity contribution is -0.136. The number of benzene rings is 1. The molecule has 0 spiro atoms. The van der Waals surface area contributed by atoms with E-state index in [0.717, 1.165) is 57.1 Å². The Morgan fingerprint density at radius 2 is 1.88 bits per heavy atom. The highest BCUT2D eigenvalue weighted by Crippen LogP contribution is 2.31. The Morgan fingerprint density at radius 3 is 2.64 bits per heavy atom. The normalized spacial score (nSPS) is 19.7. The Balaban J connectivity index is 1.55. The predicted molar refractivity (Wildman–Crippen MR) is 92.5 cm³/mol. The smallest absolute Gasteiger partial charge is 0.222 e. The average Bonchev–Trinajstić information content (AvgIpc) is 2.62. The fourth-order valence-corrected chi connectivity index (χ4v) is 4.07. The highest BCUT2D eigenvalue weighted by molar-refractivity contribution is 5.92. The van der Waals surface area contributed by atoms with Gasteiger partial charge in [0.05, 0.1) is 0 Å². The molecule has 6 heteroatoms. The van der Waals surface area contributed by atoms with Gasteiger partial charge in [-0.3, -0.25) is 9.78 Å². The van der Waals surface area contributed by atoms with Crippen LogP contribution in [0.25, 0.3) is 10.9 Å². The van der Waals surface area contributed by atoms with E-state index in [1.165, 1.54) is 6.07 Å². The molecule has 3 heterocycles. The number of halogens is 2. The van der Waals surface area contributed by atoms with E-state index in [1.54, 1.807) is 6.20 Å². The van der Waals surface area contributed by atoms with Gasteiger partial charge in [-0.05, 0) is 37.8 Å². The minimum Gasteiger partial charge on any atom is -0.371 e. The molecule has 4 rings (SSSR count). The number of likely N-dealkylation sites (tertiary alicyclic amines) is 1. The molecule has 0 aliphatic carbocycles. The van der Waals surface area contributed by atoms with Crippen molar-refractivity contribution < 1.29 is 13.6 Å². The van der Waals surface area contributed by atoms with Gasteiger partial charge in [-0.2, -0.15) is 0 Å². The molecule has 0 N–H and O–H groups in total. The van der Waals surface area contributed by atoms with Crippen LogP contribution in [0.5, 0.6) is 0 Å². The zero-order valence-electron chi connectivity index (χ0n) is 14.0. The number of piperidine rings is 2. The maximum absolute atomic E-state index is 14.0. The van der Waals surface area contributed by atoms with Gasteiger partial charge in [-0.15, -0.1) is 0 Å². The highest BCUT2D eigenvalue weighted by atomic mass is 19.1. The van der Waals surface area contributed by atoms with E-state index in [-0.39, 0.29) is 17.5 Å². The topological polar surface area (TPSA) is 36.4 Å². The van der Waals surface area contributed by atoms with Crippen LogP contribution in [-0.4, -0.2) is 41.5 Å². The van der Waals surface area contributed by atoms with E-state index in [1.807, 2.05) is 11.0 Å². The molecule has 0 bridgehead atoms. The lowest BCUT2D eigenvalue weighted by Gasteiger charge is -2.41. The number of fused-ring (bicyclic) bond motifs is 1. The first kappa shape index (κ1) is 16.2. The number of amides is 1. The molecule has 4 nitrogen and oxygen atoms in total. The van der Waals surface area contributed by atoms with Gasteiger partial charge in [-0.25, -0.2) is 8.78 Å². The van der Waals surface area contributed by atoms with Crippen molar-refractivity contribution in [3.8, 4) is 0 Å². The monoisotopic (exact) mass is 345 g/mol. The molecule has 0 saturated carbocycles. The van der Waals surface area contributed by atoms with Crippen molar-refractivity contribution in [1.82, 2.24) is 9.88 Å². The second kappa shape index (κ2) is 6.58. The molecule has 2 aromatic rings. The van der Waals surface area contributed by atoms with Gasteiger partial charge in [0.2, 0.25) is 5.91 Å². The van der Waals surface area contributed by atoms with Crippen LogP contribution < -0.4 is 4.90 Å². The maximum Gasteiger partial charge on any atom is 0.222 e. The van der Waals surface area contributed by atoms with Crippen LogP contribution >= 0.6 is 0 Å². The minimum atomic E-state index is -0.634. The molecule has 2 aliphatic heterocycles. The summed E-state index contributed by atoms with van der Waals surface area (Å²) < 4.78 is 27.6. The van der Waals surface area contributed by atoms with Gasteiger partial charge in [0.25, 0.3) is 0 Å². The molecule has 1 aromatic carbocycles. The van der Waals surface area contributed by atoms with Crippen molar-refractivity contribution in [3.63, 3.8) is 0 Å². The van der Waals surface area contributed by atoms with Gasteiger partial charge >= 0.3 is 0 Å². The fourth-order valence-electron chi connectivity index (χ4n) is 4.07. The third-order valence-electron chi connectivity index (χ3n) is 5.35. The van der Waals surface area contributed by atoms with Crippen molar-refractivity contribution in [1.29, 1.82) is 0 Å². The van der Waals surface area contributed by atoms with Crippen LogP contribution in [0.2, 0.25) is 0 Å². The molecule has 0 radical (unpaired) electrons. The molecular formula is C19H21F2N3O. The number of rotatable bonds is 2. The van der Waals surface area contributed by atoms with Crippen molar-refractivity contribution in [2.75, 3.05) is 24.5 Å². The molecule has 2 aliphatic rings. The van der Waals surface area contributed by atoms with Gasteiger partial charge in [0.1, 0.15) is 11.3 Å². The van der Waals surface area contributed by atoms with Gasteiger partial charge < -0.3 is 9.80 Å². The second-order valence-electron chi connectivity index (χ2n) is 6.88. The standard InChI is InChI=1S/C19H21F2N3O/c20-13-11-15-17(4-7-22-19(15)16(21)12-13)23-9-5-14(6-10-23)24-8-2-1-3-18(24)25/h4,7,11-12,14H,1-3,5-6,8-10H2. The van der Waals surface area contributed by atoms with E-state index in [4.69, 9.17) is 0 Å². The maximum atomic E-state index is 14.0. The third kappa shape index (κ3) is 3.05. The largest absolute Gasteiger partial charge is 0.371 e. The van der Waals surface area contributed by atoms with E-state index >= 15 is 0 Å². The average molecular weight is 345 g/mol. The Labute approximate surface area is 145 Å². The molecule has 0 atom stereocenters. The first-order chi connectivity index (χ1) is 12.1. The van der Waals surface area contributed by atoms with Crippen LogP contribution in [-0.2, 0) is 4.79 Å². The summed E-state index contributed by atoms with van der Waals surface area (Å²) >= 11 is 0. The Bertz CT molecular complexity index is 803. The number of hydrogen-bond acceptors (Lipinski definition) is 3. The number of pyridine rings is 1. The molecule has 2 saturated heterocycles. The summed E-state index contributed by atoms with van der Waals surface area (Å²) in [4.78, 5) is 20.3. The summed E-state index contributed by atoms with van der Waals surface area (Å²) in [5.41, 5.74) is 1.01. The lowest BCUT2D eigenvalue weighted by Crippen LogP contribution is -2.49. The lowest BCUT2D eigenvalue weighted by atomic mass is 9.98. The van der Waals surface area contributed by atoms with Crippen molar-refractivity contribution in [3.05, 3.63) is 36.0 Å². The van der Waals surface area contributed by atoms with E-state index in [0.29, 0.717) is 11.8 Å². The van der Waals surface area contributed by atoms with E-state index in [2.05, 4.69) is 9.88 Å². The van der Waals surface area contributed by atoms with Crippen LogP contribution in [0.4, 0.5) is 14.5 Å². The fraction of sp³-hybridized carbons (Fsp3) is 0.474. The van der Waals surface area contributed by atoms with E-state index in [9.17, 15) is 13.6 Å². The van der Waals surface area contributed by atoms with Crippen LogP contribution in [0.1, 0.15) is 32.1 Å². The Morgan fingerprint density at radius 1 is 1.08 bits per heavy atom. The summed E-state index contributed by atoms with van der Waals surface area (Å²) in [7, 11) is 0. The number of carbonyl (C=O) groups is 1. The molecule has 2 fully saturated rings. The Kier molecular flexibility index (Phi) is 4.27. The van der Waals surface area contributed by atoms with Crippen molar-refractivity contribution >= 4 is 22.5 Å². The number of aromatic nitrogens is 1. The van der Waals surface area contributed by atoms with Crippen molar-refractivity contribution in [2.45, 2.75) is 38.1 Å². The quantitative estimate of drug-likeness (QED) is 0.836. The molecule has 0 unspecified atom stereocenters. The van der Waals surface area contributed by atoms with Gasteiger partial charge in [0.15, 0.2) is 5.82 Å². The summed E-state index contributed by atoms with van der Waals surface area (Å²) in [6.45, 7) is 2.40. The summed E-state index contributed by atoms with van der Waals surface area (Å²) in [6, 6.07) is 4.31. The van der Waals surface area contributed by atoms with Gasteiger partial charge in [-0.1, -0.05) is 0 Å². The van der Waals surface area contributed by atoms with Crippen LogP contribution in [0.3, 0.4) is 0 Å². The first-order valence-corrected chi connectivity index (χ1v) is 8.91. The summed E-state index contributed by atoms with van der Waals surface area (Å²) in [6.07, 6.45) is 6.07. The SMILES string of the molecule is O=C1CCCCN1C1CCN(c2ccnc3c(F)cc(F)cc23)CC1. The zero-order valence-corrected chi connectivity index (χ0v) is 14.0. The minimum absolute atomic E-state index is 0.201. The van der Waals surface area contributed by atoms with Crippen molar-refractivity contribution in [2.24, 2.45) is 0 Å². The predicted octanol–water partition coefficient (Wildman–Crippen LogP) is 3.49. The highest BCUT2D eigenvalue weighted by Gasteiger charge is 2.29. The number of hydrogen-bond donors (Lipinski definition) is 0. The number of nitrogens with zero attached hydrogens (tertiary/aromatic N) is 3. The summed E-state index contributed by atoms with van der Waals surface area (Å²) in [5, 5.41) is 0.507.